The highest BCUT2D eigenvalue weighted by Gasteiger charge is 2.34. The van der Waals surface area contributed by atoms with E-state index in [1.54, 1.807) is 24.1 Å². The third-order valence-corrected chi connectivity index (χ3v) is 5.26. The molecule has 1 atom stereocenters. The molecular formula is C14H15Cl2N3OS. The molecule has 112 valence electrons. The Kier molecular flexibility index (Phi) is 5.30. The van der Waals surface area contributed by atoms with Crippen LogP contribution in [0.2, 0.25) is 10.0 Å². The number of rotatable bonds is 3. The molecule has 1 saturated heterocycles. The number of amidine groups is 1. The molecule has 0 aliphatic carbocycles. The molecule has 0 spiro atoms. The predicted octanol–water partition coefficient (Wildman–Crippen LogP) is 4.06. The lowest BCUT2D eigenvalue weighted by molar-refractivity contribution is -0.125. The molecule has 0 bridgehead atoms. The number of hydrogen-bond acceptors (Lipinski definition) is 4. The van der Waals surface area contributed by atoms with E-state index >= 15 is 0 Å². The highest BCUT2D eigenvalue weighted by atomic mass is 35.5. The van der Waals surface area contributed by atoms with Gasteiger partial charge in [0.1, 0.15) is 0 Å². The second-order valence-corrected chi connectivity index (χ2v) is 6.59. The van der Waals surface area contributed by atoms with Gasteiger partial charge in [0.25, 0.3) is 0 Å². The summed E-state index contributed by atoms with van der Waals surface area (Å²) in [6.07, 6.45) is 0.780. The van der Waals surface area contributed by atoms with E-state index in [0.717, 1.165) is 12.0 Å². The monoisotopic (exact) mass is 343 g/mol. The van der Waals surface area contributed by atoms with Crippen molar-refractivity contribution in [2.45, 2.75) is 25.5 Å². The fourth-order valence-electron chi connectivity index (χ4n) is 1.81. The zero-order valence-corrected chi connectivity index (χ0v) is 14.3. The van der Waals surface area contributed by atoms with Crippen LogP contribution >= 0.6 is 35.0 Å². The summed E-state index contributed by atoms with van der Waals surface area (Å²) < 4.78 is 0. The minimum absolute atomic E-state index is 0.0609. The molecule has 1 fully saturated rings. The molecular weight excluding hydrogens is 329 g/mol. The Morgan fingerprint density at radius 2 is 2.10 bits per heavy atom. The molecule has 1 amide bonds. The van der Waals surface area contributed by atoms with Crippen LogP contribution in [0.4, 0.5) is 0 Å². The number of nitrogens with zero attached hydrogens (tertiary/aromatic N) is 3. The van der Waals surface area contributed by atoms with Crippen molar-refractivity contribution in [3.05, 3.63) is 33.8 Å². The van der Waals surface area contributed by atoms with Crippen molar-refractivity contribution in [1.29, 1.82) is 0 Å². The van der Waals surface area contributed by atoms with Crippen LogP contribution in [0.3, 0.4) is 0 Å². The number of carbonyl (C=O) groups is 1. The zero-order valence-electron chi connectivity index (χ0n) is 11.9. The molecule has 0 N–H and O–H groups in total. The average molecular weight is 344 g/mol. The van der Waals surface area contributed by atoms with Gasteiger partial charge in [-0.25, -0.2) is 0 Å². The standard InChI is InChI=1S/C14H15Cl2N3OS/c1-4-12-13(20)19(3)14(21-12)18-17-8(2)9-5-6-10(15)11(16)7-9/h5-7,12H,4H2,1-3H3/b17-8+,18-14+. The first-order chi connectivity index (χ1) is 9.93. The molecule has 1 aliphatic rings. The van der Waals surface area contributed by atoms with Crippen LogP contribution in [0.25, 0.3) is 0 Å². The zero-order chi connectivity index (χ0) is 15.6. The molecule has 1 heterocycles. The van der Waals surface area contributed by atoms with Crippen LogP contribution in [0.15, 0.2) is 28.4 Å². The van der Waals surface area contributed by atoms with E-state index in [9.17, 15) is 4.79 Å². The van der Waals surface area contributed by atoms with Gasteiger partial charge in [-0.1, -0.05) is 48.0 Å². The highest BCUT2D eigenvalue weighted by molar-refractivity contribution is 8.15. The summed E-state index contributed by atoms with van der Waals surface area (Å²) in [7, 11) is 1.72. The second kappa shape index (κ2) is 6.81. The van der Waals surface area contributed by atoms with Crippen LogP contribution in [0.1, 0.15) is 25.8 Å². The topological polar surface area (TPSA) is 45.0 Å². The van der Waals surface area contributed by atoms with E-state index in [0.29, 0.717) is 20.9 Å². The van der Waals surface area contributed by atoms with Gasteiger partial charge in [-0.05, 0) is 31.0 Å². The molecule has 1 aliphatic heterocycles. The lowest BCUT2D eigenvalue weighted by atomic mass is 10.1. The van der Waals surface area contributed by atoms with Gasteiger partial charge in [0.15, 0.2) is 5.17 Å². The Bertz CT molecular complexity index is 631. The van der Waals surface area contributed by atoms with Gasteiger partial charge in [0, 0.05) is 7.05 Å². The quantitative estimate of drug-likeness (QED) is 0.613. The Balaban J connectivity index is 2.21. The summed E-state index contributed by atoms with van der Waals surface area (Å²) in [4.78, 5) is 13.4. The first-order valence-electron chi connectivity index (χ1n) is 6.46. The summed E-state index contributed by atoms with van der Waals surface area (Å²) >= 11 is 13.3. The Morgan fingerprint density at radius 3 is 2.67 bits per heavy atom. The molecule has 0 radical (unpaired) electrons. The van der Waals surface area contributed by atoms with Crippen LogP contribution in [0, 0.1) is 0 Å². The van der Waals surface area contributed by atoms with E-state index in [4.69, 9.17) is 23.2 Å². The van der Waals surface area contributed by atoms with Crippen molar-refractivity contribution < 1.29 is 4.79 Å². The molecule has 1 unspecified atom stereocenters. The fourth-order valence-corrected chi connectivity index (χ4v) is 3.13. The summed E-state index contributed by atoms with van der Waals surface area (Å²) in [6.45, 7) is 3.82. The van der Waals surface area contributed by atoms with Gasteiger partial charge in [-0.15, -0.1) is 5.10 Å². The fraction of sp³-hybridized carbons (Fsp3) is 0.357. The van der Waals surface area contributed by atoms with Crippen molar-refractivity contribution in [2.75, 3.05) is 7.05 Å². The molecule has 7 heteroatoms. The van der Waals surface area contributed by atoms with Gasteiger partial charge in [0.2, 0.25) is 5.91 Å². The highest BCUT2D eigenvalue weighted by Crippen LogP contribution is 2.28. The maximum atomic E-state index is 11.9. The van der Waals surface area contributed by atoms with E-state index in [1.165, 1.54) is 11.8 Å². The predicted molar refractivity (Wildman–Crippen MR) is 90.5 cm³/mol. The minimum Gasteiger partial charge on any atom is -0.292 e. The van der Waals surface area contributed by atoms with Gasteiger partial charge >= 0.3 is 0 Å². The summed E-state index contributed by atoms with van der Waals surface area (Å²) in [5.41, 5.74) is 1.56. The third-order valence-electron chi connectivity index (χ3n) is 3.13. The molecule has 21 heavy (non-hydrogen) atoms. The van der Waals surface area contributed by atoms with Crippen molar-refractivity contribution in [3.63, 3.8) is 0 Å². The second-order valence-electron chi connectivity index (χ2n) is 4.61. The first kappa shape index (κ1) is 16.3. The molecule has 2 rings (SSSR count). The van der Waals surface area contributed by atoms with Crippen LogP contribution < -0.4 is 0 Å². The van der Waals surface area contributed by atoms with Crippen LogP contribution in [0.5, 0.6) is 0 Å². The van der Waals surface area contributed by atoms with Crippen LogP contribution in [-0.4, -0.2) is 34.0 Å². The van der Waals surface area contributed by atoms with E-state index in [2.05, 4.69) is 10.2 Å². The Hall–Kier alpha value is -1.04. The maximum absolute atomic E-state index is 11.9. The molecule has 4 nitrogen and oxygen atoms in total. The van der Waals surface area contributed by atoms with E-state index < -0.39 is 0 Å². The van der Waals surface area contributed by atoms with Crippen molar-refractivity contribution in [1.82, 2.24) is 4.90 Å². The number of benzene rings is 1. The molecule has 1 aromatic rings. The van der Waals surface area contributed by atoms with Crippen molar-refractivity contribution in [2.24, 2.45) is 10.2 Å². The summed E-state index contributed by atoms with van der Waals surface area (Å²) in [5.74, 6) is 0.0728. The largest absolute Gasteiger partial charge is 0.292 e. The summed E-state index contributed by atoms with van der Waals surface area (Å²) in [5, 5.41) is 9.90. The lowest BCUT2D eigenvalue weighted by Gasteiger charge is -2.07. The van der Waals surface area contributed by atoms with Gasteiger partial charge in [-0.2, -0.15) is 5.10 Å². The SMILES string of the molecule is CCC1S/C(=N/N=C(\C)c2ccc(Cl)c(Cl)c2)N(C)C1=O. The average Bonchev–Trinajstić information content (AvgIpc) is 2.75. The lowest BCUT2D eigenvalue weighted by Crippen LogP contribution is -2.27. The number of hydrogen-bond donors (Lipinski definition) is 0. The Labute approximate surface area is 138 Å². The molecule has 0 aromatic heterocycles. The number of thioether (sulfide) groups is 1. The van der Waals surface area contributed by atoms with Gasteiger partial charge in [-0.3, -0.25) is 9.69 Å². The third kappa shape index (κ3) is 3.59. The van der Waals surface area contributed by atoms with Crippen molar-refractivity contribution >= 4 is 51.8 Å². The number of carbonyl (C=O) groups excluding carboxylic acids is 1. The van der Waals surface area contributed by atoms with E-state index in [1.807, 2.05) is 19.9 Å². The van der Waals surface area contributed by atoms with Gasteiger partial charge in [0.05, 0.1) is 21.0 Å². The Morgan fingerprint density at radius 1 is 1.38 bits per heavy atom. The van der Waals surface area contributed by atoms with Crippen molar-refractivity contribution in [3.8, 4) is 0 Å². The van der Waals surface area contributed by atoms with Gasteiger partial charge < -0.3 is 0 Å². The number of amides is 1. The molecule has 1 aromatic carbocycles. The minimum atomic E-state index is -0.0609. The molecule has 0 saturated carbocycles. The van der Waals surface area contributed by atoms with Crippen LogP contribution in [-0.2, 0) is 4.79 Å². The smallest absolute Gasteiger partial charge is 0.241 e. The maximum Gasteiger partial charge on any atom is 0.241 e. The normalized spacial score (nSPS) is 21.5. The first-order valence-corrected chi connectivity index (χ1v) is 8.09. The number of halogens is 2. The van der Waals surface area contributed by atoms with E-state index in [-0.39, 0.29) is 11.2 Å². The summed E-state index contributed by atoms with van der Waals surface area (Å²) in [6, 6.07) is 5.30.